The largest absolute Gasteiger partial charge is 0.383 e. The first-order chi connectivity index (χ1) is 7.24. The second kappa shape index (κ2) is 4.53. The standard InChI is InChI=1S/C10H15FN4/c11-8-6-9(12)14-10(13-8)7-15-4-2-1-3-5-15/h6H,1-5,7H2,(H2,12,13,14). The van der Waals surface area contributed by atoms with Gasteiger partial charge in [0.1, 0.15) is 11.6 Å². The van der Waals surface area contributed by atoms with Crippen LogP contribution in [-0.4, -0.2) is 28.0 Å². The van der Waals surface area contributed by atoms with Gasteiger partial charge in [-0.05, 0) is 25.9 Å². The van der Waals surface area contributed by atoms with Crippen molar-refractivity contribution in [1.29, 1.82) is 0 Å². The smallest absolute Gasteiger partial charge is 0.218 e. The zero-order valence-electron chi connectivity index (χ0n) is 8.62. The molecule has 2 heterocycles. The zero-order valence-corrected chi connectivity index (χ0v) is 8.62. The SMILES string of the molecule is Nc1cc(F)nc(CN2CCCCC2)n1. The van der Waals surface area contributed by atoms with E-state index in [-0.39, 0.29) is 5.82 Å². The van der Waals surface area contributed by atoms with Crippen molar-refractivity contribution in [2.24, 2.45) is 0 Å². The van der Waals surface area contributed by atoms with E-state index < -0.39 is 5.95 Å². The highest BCUT2D eigenvalue weighted by atomic mass is 19.1. The summed E-state index contributed by atoms with van der Waals surface area (Å²) in [6.45, 7) is 2.68. The Kier molecular flexibility index (Phi) is 3.11. The first kappa shape index (κ1) is 10.3. The van der Waals surface area contributed by atoms with Crippen molar-refractivity contribution in [1.82, 2.24) is 14.9 Å². The molecule has 5 heteroatoms. The minimum atomic E-state index is -0.547. The maximum absolute atomic E-state index is 12.9. The monoisotopic (exact) mass is 210 g/mol. The number of likely N-dealkylation sites (tertiary alicyclic amines) is 1. The number of nitrogens with two attached hydrogens (primary N) is 1. The maximum Gasteiger partial charge on any atom is 0.218 e. The van der Waals surface area contributed by atoms with Crippen molar-refractivity contribution in [2.75, 3.05) is 18.8 Å². The van der Waals surface area contributed by atoms with Crippen LogP contribution in [0, 0.1) is 5.95 Å². The van der Waals surface area contributed by atoms with E-state index in [2.05, 4.69) is 14.9 Å². The highest BCUT2D eigenvalue weighted by Crippen LogP contribution is 2.11. The highest BCUT2D eigenvalue weighted by molar-refractivity contribution is 5.25. The Hall–Kier alpha value is -1.23. The van der Waals surface area contributed by atoms with E-state index in [1.54, 1.807) is 0 Å². The lowest BCUT2D eigenvalue weighted by molar-refractivity contribution is 0.215. The van der Waals surface area contributed by atoms with Crippen LogP contribution in [0.25, 0.3) is 0 Å². The molecule has 0 amide bonds. The molecule has 4 nitrogen and oxygen atoms in total. The third-order valence-corrected chi connectivity index (χ3v) is 2.57. The van der Waals surface area contributed by atoms with Gasteiger partial charge in [-0.2, -0.15) is 4.39 Å². The molecule has 0 saturated carbocycles. The third kappa shape index (κ3) is 2.86. The van der Waals surface area contributed by atoms with E-state index in [1.807, 2.05) is 0 Å². The van der Waals surface area contributed by atoms with Crippen LogP contribution in [0.3, 0.4) is 0 Å². The third-order valence-electron chi connectivity index (χ3n) is 2.57. The number of hydrogen-bond donors (Lipinski definition) is 1. The van der Waals surface area contributed by atoms with Crippen LogP contribution in [0.2, 0.25) is 0 Å². The van der Waals surface area contributed by atoms with Crippen molar-refractivity contribution in [2.45, 2.75) is 25.8 Å². The van der Waals surface area contributed by atoms with E-state index in [0.29, 0.717) is 12.4 Å². The van der Waals surface area contributed by atoms with Crippen LogP contribution in [0.1, 0.15) is 25.1 Å². The summed E-state index contributed by atoms with van der Waals surface area (Å²) in [5.74, 6) is 0.137. The molecule has 0 atom stereocenters. The molecule has 0 spiro atoms. The molecule has 0 radical (unpaired) electrons. The number of aromatic nitrogens is 2. The molecule has 0 aromatic carbocycles. The van der Waals surface area contributed by atoms with Gasteiger partial charge in [0.2, 0.25) is 5.95 Å². The number of piperidine rings is 1. The van der Waals surface area contributed by atoms with E-state index in [1.165, 1.54) is 19.3 Å². The molecule has 1 aromatic heterocycles. The lowest BCUT2D eigenvalue weighted by Gasteiger charge is -2.25. The molecule has 0 bridgehead atoms. The van der Waals surface area contributed by atoms with Crippen LogP contribution >= 0.6 is 0 Å². The van der Waals surface area contributed by atoms with E-state index in [4.69, 9.17) is 5.73 Å². The van der Waals surface area contributed by atoms with Crippen molar-refractivity contribution >= 4 is 5.82 Å². The number of nitrogen functional groups attached to an aromatic ring is 1. The summed E-state index contributed by atoms with van der Waals surface area (Å²) in [6.07, 6.45) is 3.68. The first-order valence-corrected chi connectivity index (χ1v) is 5.25. The number of anilines is 1. The number of hydrogen-bond acceptors (Lipinski definition) is 4. The molecule has 0 aliphatic carbocycles. The van der Waals surface area contributed by atoms with Gasteiger partial charge in [0.05, 0.1) is 6.54 Å². The predicted molar refractivity (Wildman–Crippen MR) is 55.5 cm³/mol. The predicted octanol–water partition coefficient (Wildman–Crippen LogP) is 1.18. The molecule has 2 N–H and O–H groups in total. The van der Waals surface area contributed by atoms with Crippen molar-refractivity contribution in [3.63, 3.8) is 0 Å². The molecule has 1 saturated heterocycles. The molecule has 0 unspecified atom stereocenters. The molecule has 15 heavy (non-hydrogen) atoms. The second-order valence-corrected chi connectivity index (χ2v) is 3.87. The Bertz CT molecular complexity index is 316. The fourth-order valence-corrected chi connectivity index (χ4v) is 1.87. The van der Waals surface area contributed by atoms with Crippen molar-refractivity contribution in [3.05, 3.63) is 17.8 Å². The minimum absolute atomic E-state index is 0.203. The van der Waals surface area contributed by atoms with Gasteiger partial charge in [-0.25, -0.2) is 9.97 Å². The Morgan fingerprint density at radius 1 is 1.27 bits per heavy atom. The van der Waals surface area contributed by atoms with E-state index in [0.717, 1.165) is 19.2 Å². The van der Waals surface area contributed by atoms with Crippen molar-refractivity contribution < 1.29 is 4.39 Å². The Labute approximate surface area is 88.3 Å². The fourth-order valence-electron chi connectivity index (χ4n) is 1.87. The molecule has 82 valence electrons. The number of nitrogens with zero attached hydrogens (tertiary/aromatic N) is 3. The summed E-state index contributed by atoms with van der Waals surface area (Å²) in [7, 11) is 0. The second-order valence-electron chi connectivity index (χ2n) is 3.87. The normalized spacial score (nSPS) is 17.9. The van der Waals surface area contributed by atoms with Gasteiger partial charge in [-0.1, -0.05) is 6.42 Å². The van der Waals surface area contributed by atoms with Gasteiger partial charge >= 0.3 is 0 Å². The van der Waals surface area contributed by atoms with Gasteiger partial charge in [0.25, 0.3) is 0 Å². The molecule has 1 aliphatic heterocycles. The molecule has 1 aliphatic rings. The summed E-state index contributed by atoms with van der Waals surface area (Å²) < 4.78 is 12.9. The van der Waals surface area contributed by atoms with Crippen LogP contribution in [0.4, 0.5) is 10.2 Å². The summed E-state index contributed by atoms with van der Waals surface area (Å²) in [4.78, 5) is 9.98. The molecular formula is C10H15FN4. The van der Waals surface area contributed by atoms with E-state index in [9.17, 15) is 4.39 Å². The number of rotatable bonds is 2. The van der Waals surface area contributed by atoms with Crippen LogP contribution in [-0.2, 0) is 6.54 Å². The highest BCUT2D eigenvalue weighted by Gasteiger charge is 2.12. The maximum atomic E-state index is 12.9. The topological polar surface area (TPSA) is 55.0 Å². The van der Waals surface area contributed by atoms with Crippen LogP contribution in [0.15, 0.2) is 6.07 Å². The van der Waals surface area contributed by atoms with Gasteiger partial charge in [-0.15, -0.1) is 0 Å². The van der Waals surface area contributed by atoms with Crippen molar-refractivity contribution in [3.8, 4) is 0 Å². The summed E-state index contributed by atoms with van der Waals surface area (Å²) >= 11 is 0. The Balaban J connectivity index is 2.02. The van der Waals surface area contributed by atoms with Crippen LogP contribution in [0.5, 0.6) is 0 Å². The quantitative estimate of drug-likeness (QED) is 0.745. The summed E-state index contributed by atoms with van der Waals surface area (Å²) in [5, 5.41) is 0. The first-order valence-electron chi connectivity index (χ1n) is 5.25. The lowest BCUT2D eigenvalue weighted by Crippen LogP contribution is -2.30. The van der Waals surface area contributed by atoms with Gasteiger partial charge in [0.15, 0.2) is 0 Å². The Morgan fingerprint density at radius 2 is 2.00 bits per heavy atom. The van der Waals surface area contributed by atoms with E-state index >= 15 is 0 Å². The molecule has 2 rings (SSSR count). The summed E-state index contributed by atoms with van der Waals surface area (Å²) in [5.41, 5.74) is 5.45. The zero-order chi connectivity index (χ0) is 10.7. The molecule has 1 fully saturated rings. The minimum Gasteiger partial charge on any atom is -0.383 e. The van der Waals surface area contributed by atoms with Gasteiger partial charge in [-0.3, -0.25) is 4.90 Å². The average molecular weight is 210 g/mol. The van der Waals surface area contributed by atoms with Gasteiger partial charge in [0, 0.05) is 6.07 Å². The molecule has 1 aromatic rings. The lowest BCUT2D eigenvalue weighted by atomic mass is 10.1. The average Bonchev–Trinajstić information content (AvgIpc) is 2.17. The van der Waals surface area contributed by atoms with Crippen LogP contribution < -0.4 is 5.73 Å². The Morgan fingerprint density at radius 3 is 2.67 bits per heavy atom. The molecular weight excluding hydrogens is 195 g/mol. The summed E-state index contributed by atoms with van der Waals surface area (Å²) in [6, 6.07) is 1.14. The number of halogens is 1. The van der Waals surface area contributed by atoms with Gasteiger partial charge < -0.3 is 5.73 Å². The fraction of sp³-hybridized carbons (Fsp3) is 0.600.